The molecule has 2 rings (SSSR count). The number of benzene rings is 1. The van der Waals surface area contributed by atoms with E-state index < -0.39 is 0 Å². The van der Waals surface area contributed by atoms with Crippen molar-refractivity contribution in [3.8, 4) is 0 Å². The number of ether oxygens (including phenoxy) is 1. The molecule has 0 aromatic heterocycles. The second kappa shape index (κ2) is 11.2. The van der Waals surface area contributed by atoms with Crippen molar-refractivity contribution in [2.75, 3.05) is 26.3 Å². The highest BCUT2D eigenvalue weighted by atomic mass is 16.5. The standard InChI is InChI=1S/C20H32N2O2/c21-13-7-2-1-6-10-20(23)22(16-18-8-4-3-5-9-18)17-19-11-14-24-15-12-19/h3-5,8-9,19H,1-2,6-7,10-17,21H2. The second-order valence-corrected chi connectivity index (χ2v) is 6.77. The van der Waals surface area contributed by atoms with Gasteiger partial charge in [-0.15, -0.1) is 0 Å². The molecule has 1 aromatic rings. The number of carbonyl (C=O) groups is 1. The van der Waals surface area contributed by atoms with Crippen LogP contribution in [0.5, 0.6) is 0 Å². The van der Waals surface area contributed by atoms with Crippen LogP contribution in [0.2, 0.25) is 0 Å². The molecule has 1 amide bonds. The molecule has 1 saturated heterocycles. The fourth-order valence-electron chi connectivity index (χ4n) is 3.23. The molecule has 0 unspecified atom stereocenters. The SMILES string of the molecule is NCCCCCCC(=O)N(Cc1ccccc1)CC1CCOCC1. The number of hydrogen-bond donors (Lipinski definition) is 1. The molecule has 1 heterocycles. The lowest BCUT2D eigenvalue weighted by Gasteiger charge is -2.30. The molecule has 0 aliphatic carbocycles. The van der Waals surface area contributed by atoms with Gasteiger partial charge in [0, 0.05) is 32.7 Å². The predicted octanol–water partition coefficient (Wildman–Crippen LogP) is 3.35. The first-order chi connectivity index (χ1) is 11.8. The van der Waals surface area contributed by atoms with E-state index in [4.69, 9.17) is 10.5 Å². The Hall–Kier alpha value is -1.39. The number of carbonyl (C=O) groups excluding carboxylic acids is 1. The van der Waals surface area contributed by atoms with E-state index in [9.17, 15) is 4.79 Å². The molecule has 134 valence electrons. The summed E-state index contributed by atoms with van der Waals surface area (Å²) < 4.78 is 5.45. The molecule has 4 heteroatoms. The van der Waals surface area contributed by atoms with Gasteiger partial charge in [-0.2, -0.15) is 0 Å². The van der Waals surface area contributed by atoms with Crippen LogP contribution in [-0.2, 0) is 16.1 Å². The molecule has 1 aliphatic heterocycles. The van der Waals surface area contributed by atoms with Gasteiger partial charge in [-0.25, -0.2) is 0 Å². The quantitative estimate of drug-likeness (QED) is 0.669. The zero-order valence-corrected chi connectivity index (χ0v) is 14.8. The minimum Gasteiger partial charge on any atom is -0.381 e. The van der Waals surface area contributed by atoms with Gasteiger partial charge in [-0.05, 0) is 43.7 Å². The maximum atomic E-state index is 12.7. The van der Waals surface area contributed by atoms with Crippen molar-refractivity contribution in [2.45, 2.75) is 51.5 Å². The first-order valence-corrected chi connectivity index (χ1v) is 9.39. The van der Waals surface area contributed by atoms with Gasteiger partial charge in [0.15, 0.2) is 0 Å². The van der Waals surface area contributed by atoms with Crippen LogP contribution >= 0.6 is 0 Å². The Morgan fingerprint density at radius 1 is 1.08 bits per heavy atom. The topological polar surface area (TPSA) is 55.6 Å². The molecule has 4 nitrogen and oxygen atoms in total. The van der Waals surface area contributed by atoms with Crippen LogP contribution < -0.4 is 5.73 Å². The molecule has 0 bridgehead atoms. The highest BCUT2D eigenvalue weighted by molar-refractivity contribution is 5.76. The van der Waals surface area contributed by atoms with E-state index in [1.165, 1.54) is 5.56 Å². The van der Waals surface area contributed by atoms with Gasteiger partial charge in [0.25, 0.3) is 0 Å². The molecule has 24 heavy (non-hydrogen) atoms. The van der Waals surface area contributed by atoms with E-state index in [1.807, 2.05) is 18.2 Å². The summed E-state index contributed by atoms with van der Waals surface area (Å²) in [4.78, 5) is 14.8. The van der Waals surface area contributed by atoms with Crippen LogP contribution in [0.15, 0.2) is 30.3 Å². The molecule has 0 spiro atoms. The summed E-state index contributed by atoms with van der Waals surface area (Å²) in [5.74, 6) is 0.863. The number of nitrogens with zero attached hydrogens (tertiary/aromatic N) is 1. The molecule has 1 fully saturated rings. The van der Waals surface area contributed by atoms with Crippen molar-refractivity contribution < 1.29 is 9.53 Å². The Morgan fingerprint density at radius 2 is 1.79 bits per heavy atom. The minimum absolute atomic E-state index is 0.290. The van der Waals surface area contributed by atoms with Gasteiger partial charge in [0.05, 0.1) is 0 Å². The summed E-state index contributed by atoms with van der Waals surface area (Å²) in [7, 11) is 0. The molecule has 1 aromatic carbocycles. The Balaban J connectivity index is 1.86. The fraction of sp³-hybridized carbons (Fsp3) is 0.650. The van der Waals surface area contributed by atoms with Crippen molar-refractivity contribution in [2.24, 2.45) is 11.7 Å². The van der Waals surface area contributed by atoms with Gasteiger partial charge in [-0.1, -0.05) is 43.2 Å². The fourth-order valence-corrected chi connectivity index (χ4v) is 3.23. The summed E-state index contributed by atoms with van der Waals surface area (Å²) in [6.07, 6.45) is 7.04. The summed E-state index contributed by atoms with van der Waals surface area (Å²) in [6.45, 7) is 3.99. The molecular formula is C20H32N2O2. The van der Waals surface area contributed by atoms with Crippen LogP contribution in [0.1, 0.15) is 50.5 Å². The number of unbranched alkanes of at least 4 members (excludes halogenated alkanes) is 3. The van der Waals surface area contributed by atoms with Crippen LogP contribution in [0.3, 0.4) is 0 Å². The molecular weight excluding hydrogens is 300 g/mol. The van der Waals surface area contributed by atoms with Crippen LogP contribution in [0.4, 0.5) is 0 Å². The lowest BCUT2D eigenvalue weighted by molar-refractivity contribution is -0.133. The number of nitrogens with two attached hydrogens (primary N) is 1. The zero-order chi connectivity index (χ0) is 17.0. The van der Waals surface area contributed by atoms with Crippen LogP contribution in [0, 0.1) is 5.92 Å². The van der Waals surface area contributed by atoms with E-state index in [0.717, 1.165) is 71.4 Å². The van der Waals surface area contributed by atoms with Crippen molar-refractivity contribution in [3.63, 3.8) is 0 Å². The third-order valence-electron chi connectivity index (χ3n) is 4.73. The largest absolute Gasteiger partial charge is 0.381 e. The van der Waals surface area contributed by atoms with Crippen LogP contribution in [0.25, 0.3) is 0 Å². The summed E-state index contributed by atoms with van der Waals surface area (Å²) in [6, 6.07) is 10.3. The van der Waals surface area contributed by atoms with Crippen molar-refractivity contribution in [3.05, 3.63) is 35.9 Å². The lowest BCUT2D eigenvalue weighted by Crippen LogP contribution is -2.36. The minimum atomic E-state index is 0.290. The average Bonchev–Trinajstić information content (AvgIpc) is 2.62. The third kappa shape index (κ3) is 7.02. The van der Waals surface area contributed by atoms with E-state index >= 15 is 0 Å². The summed E-state index contributed by atoms with van der Waals surface area (Å²) in [5.41, 5.74) is 6.73. The van der Waals surface area contributed by atoms with Crippen LogP contribution in [-0.4, -0.2) is 37.1 Å². The Kier molecular flexibility index (Phi) is 8.85. The van der Waals surface area contributed by atoms with Crippen molar-refractivity contribution in [1.29, 1.82) is 0 Å². The highest BCUT2D eigenvalue weighted by Crippen LogP contribution is 2.19. The Morgan fingerprint density at radius 3 is 2.50 bits per heavy atom. The normalized spacial score (nSPS) is 15.4. The molecule has 1 aliphatic rings. The molecule has 0 saturated carbocycles. The zero-order valence-electron chi connectivity index (χ0n) is 14.8. The lowest BCUT2D eigenvalue weighted by atomic mass is 9.99. The van der Waals surface area contributed by atoms with Crippen molar-refractivity contribution >= 4 is 5.91 Å². The third-order valence-corrected chi connectivity index (χ3v) is 4.73. The summed E-state index contributed by atoms with van der Waals surface area (Å²) in [5, 5.41) is 0. The maximum Gasteiger partial charge on any atom is 0.222 e. The van der Waals surface area contributed by atoms with Gasteiger partial charge < -0.3 is 15.4 Å². The van der Waals surface area contributed by atoms with E-state index in [-0.39, 0.29) is 5.91 Å². The number of hydrogen-bond acceptors (Lipinski definition) is 3. The first kappa shape index (κ1) is 18.9. The summed E-state index contributed by atoms with van der Waals surface area (Å²) >= 11 is 0. The average molecular weight is 332 g/mol. The molecule has 0 radical (unpaired) electrons. The van der Waals surface area contributed by atoms with Gasteiger partial charge in [-0.3, -0.25) is 4.79 Å². The first-order valence-electron chi connectivity index (χ1n) is 9.39. The highest BCUT2D eigenvalue weighted by Gasteiger charge is 2.21. The molecule has 0 atom stereocenters. The monoisotopic (exact) mass is 332 g/mol. The maximum absolute atomic E-state index is 12.7. The van der Waals surface area contributed by atoms with E-state index in [1.54, 1.807) is 0 Å². The second-order valence-electron chi connectivity index (χ2n) is 6.77. The predicted molar refractivity (Wildman–Crippen MR) is 97.5 cm³/mol. The Labute approximate surface area is 146 Å². The number of rotatable bonds is 10. The van der Waals surface area contributed by atoms with Gasteiger partial charge >= 0.3 is 0 Å². The molecule has 2 N–H and O–H groups in total. The smallest absolute Gasteiger partial charge is 0.222 e. The number of amides is 1. The van der Waals surface area contributed by atoms with E-state index in [0.29, 0.717) is 12.3 Å². The van der Waals surface area contributed by atoms with E-state index in [2.05, 4.69) is 17.0 Å². The van der Waals surface area contributed by atoms with Crippen molar-refractivity contribution in [1.82, 2.24) is 4.90 Å². The van der Waals surface area contributed by atoms with Gasteiger partial charge in [0.2, 0.25) is 5.91 Å². The van der Waals surface area contributed by atoms with Gasteiger partial charge in [0.1, 0.15) is 0 Å². The Bertz CT molecular complexity index is 458.